The first-order valence-electron chi connectivity index (χ1n) is 7.90. The van der Waals surface area contributed by atoms with Gasteiger partial charge in [-0.05, 0) is 45.2 Å². The van der Waals surface area contributed by atoms with Crippen LogP contribution in [0, 0.1) is 0 Å². The number of hydrogen-bond acceptors (Lipinski definition) is 3. The Labute approximate surface area is 130 Å². The van der Waals surface area contributed by atoms with Crippen LogP contribution in [0.4, 0.5) is 0 Å². The quantitative estimate of drug-likeness (QED) is 0.708. The Bertz CT molecular complexity index is 378. The molecule has 0 spiro atoms. The Hall–Kier alpha value is -0.900. The van der Waals surface area contributed by atoms with Gasteiger partial charge in [0.2, 0.25) is 0 Å². The van der Waals surface area contributed by atoms with Crippen LogP contribution >= 0.6 is 0 Å². The second-order valence-electron chi connectivity index (χ2n) is 6.13. The maximum atomic E-state index is 5.79. The molecule has 21 heavy (non-hydrogen) atoms. The first kappa shape index (κ1) is 18.1. The number of hydrogen-bond donors (Lipinski definition) is 1. The highest BCUT2D eigenvalue weighted by molar-refractivity contribution is 5.19. The number of rotatable bonds is 10. The normalized spacial score (nSPS) is 14.9. The maximum absolute atomic E-state index is 5.79. The minimum Gasteiger partial charge on any atom is -0.379 e. The minimum absolute atomic E-state index is 0.0745. The summed E-state index contributed by atoms with van der Waals surface area (Å²) in [5.41, 5.74) is 1.13. The molecular weight excluding hydrogens is 262 g/mol. The molecule has 0 radical (unpaired) electrons. The van der Waals surface area contributed by atoms with E-state index in [0.717, 1.165) is 25.8 Å². The van der Waals surface area contributed by atoms with Crippen molar-refractivity contribution >= 4 is 0 Å². The van der Waals surface area contributed by atoms with E-state index in [2.05, 4.69) is 50.4 Å². The van der Waals surface area contributed by atoms with E-state index in [1.54, 1.807) is 14.2 Å². The highest BCUT2D eigenvalue weighted by Gasteiger charge is 2.25. The van der Waals surface area contributed by atoms with Crippen LogP contribution in [0.2, 0.25) is 0 Å². The van der Waals surface area contributed by atoms with Gasteiger partial charge in [-0.2, -0.15) is 0 Å². The lowest BCUT2D eigenvalue weighted by atomic mass is 9.93. The Morgan fingerprint density at radius 2 is 1.81 bits per heavy atom. The van der Waals surface area contributed by atoms with Crippen LogP contribution in [0.3, 0.4) is 0 Å². The molecule has 0 amide bonds. The van der Waals surface area contributed by atoms with Gasteiger partial charge < -0.3 is 14.8 Å². The van der Waals surface area contributed by atoms with Gasteiger partial charge in [0.05, 0.1) is 11.7 Å². The second-order valence-corrected chi connectivity index (χ2v) is 6.13. The lowest BCUT2D eigenvalue weighted by Gasteiger charge is -2.31. The Kier molecular flexibility index (Phi) is 7.94. The largest absolute Gasteiger partial charge is 0.379 e. The minimum atomic E-state index is -0.0961. The van der Waals surface area contributed by atoms with Crippen molar-refractivity contribution in [2.75, 3.05) is 20.8 Å². The van der Waals surface area contributed by atoms with Gasteiger partial charge in [-0.15, -0.1) is 0 Å². The summed E-state index contributed by atoms with van der Waals surface area (Å²) in [6.45, 7) is 7.46. The van der Waals surface area contributed by atoms with Crippen molar-refractivity contribution in [3.63, 3.8) is 0 Å². The molecule has 1 N–H and O–H groups in total. The summed E-state index contributed by atoms with van der Waals surface area (Å²) in [5, 5.41) is 3.64. The summed E-state index contributed by atoms with van der Waals surface area (Å²) >= 11 is 0. The standard InChI is InChI=1S/C18H31NO2/c1-6-14-19-16(12-13-18(2,3)21-5)17(20-4)15-10-8-7-9-11-15/h7-11,16-17,19H,6,12-14H2,1-5H3. The first-order chi connectivity index (χ1) is 10.0. The molecule has 3 heteroatoms. The van der Waals surface area contributed by atoms with E-state index in [4.69, 9.17) is 9.47 Å². The van der Waals surface area contributed by atoms with Gasteiger partial charge in [0.1, 0.15) is 0 Å². The van der Waals surface area contributed by atoms with Crippen LogP contribution < -0.4 is 5.32 Å². The van der Waals surface area contributed by atoms with Crippen molar-refractivity contribution in [2.45, 2.75) is 57.8 Å². The van der Waals surface area contributed by atoms with E-state index in [-0.39, 0.29) is 11.7 Å². The molecule has 2 unspecified atom stereocenters. The van der Waals surface area contributed by atoms with E-state index < -0.39 is 0 Å². The van der Waals surface area contributed by atoms with Crippen LogP contribution in [-0.2, 0) is 9.47 Å². The number of nitrogens with one attached hydrogen (secondary N) is 1. The molecule has 0 aliphatic carbocycles. The predicted octanol–water partition coefficient (Wildman–Crippen LogP) is 3.95. The van der Waals surface area contributed by atoms with Gasteiger partial charge in [-0.1, -0.05) is 37.3 Å². The Morgan fingerprint density at radius 3 is 2.33 bits per heavy atom. The fourth-order valence-electron chi connectivity index (χ4n) is 2.47. The molecule has 1 aromatic rings. The number of benzene rings is 1. The molecule has 120 valence electrons. The molecule has 1 aromatic carbocycles. The first-order valence-corrected chi connectivity index (χ1v) is 7.90. The van der Waals surface area contributed by atoms with Crippen molar-refractivity contribution in [1.29, 1.82) is 0 Å². The van der Waals surface area contributed by atoms with Crippen molar-refractivity contribution in [3.8, 4) is 0 Å². The lowest BCUT2D eigenvalue weighted by molar-refractivity contribution is 0.00186. The number of ether oxygens (including phenoxy) is 2. The zero-order valence-electron chi connectivity index (χ0n) is 14.2. The van der Waals surface area contributed by atoms with Crippen molar-refractivity contribution in [2.24, 2.45) is 0 Å². The fraction of sp³-hybridized carbons (Fsp3) is 0.667. The molecule has 2 atom stereocenters. The molecular formula is C18H31NO2. The highest BCUT2D eigenvalue weighted by Crippen LogP contribution is 2.26. The smallest absolute Gasteiger partial charge is 0.0974 e. The molecule has 0 heterocycles. The molecule has 0 fully saturated rings. The van der Waals surface area contributed by atoms with E-state index in [9.17, 15) is 0 Å². The van der Waals surface area contributed by atoms with Crippen LogP contribution in [0.25, 0.3) is 0 Å². The third-order valence-corrected chi connectivity index (χ3v) is 4.01. The molecule has 3 nitrogen and oxygen atoms in total. The molecule has 0 aliphatic heterocycles. The zero-order valence-corrected chi connectivity index (χ0v) is 14.2. The van der Waals surface area contributed by atoms with Gasteiger partial charge in [-0.25, -0.2) is 0 Å². The third kappa shape index (κ3) is 6.16. The van der Waals surface area contributed by atoms with Crippen LogP contribution in [0.5, 0.6) is 0 Å². The molecule has 0 saturated carbocycles. The zero-order chi connectivity index (χ0) is 15.7. The van der Waals surface area contributed by atoms with Crippen LogP contribution in [0.15, 0.2) is 30.3 Å². The van der Waals surface area contributed by atoms with Gasteiger partial charge in [0.25, 0.3) is 0 Å². The van der Waals surface area contributed by atoms with Crippen molar-refractivity contribution < 1.29 is 9.47 Å². The van der Waals surface area contributed by atoms with Crippen molar-refractivity contribution in [1.82, 2.24) is 5.32 Å². The lowest BCUT2D eigenvalue weighted by Crippen LogP contribution is -2.38. The van der Waals surface area contributed by atoms with Crippen LogP contribution in [0.1, 0.15) is 51.7 Å². The number of methoxy groups -OCH3 is 2. The monoisotopic (exact) mass is 293 g/mol. The average molecular weight is 293 g/mol. The molecule has 0 aromatic heterocycles. The van der Waals surface area contributed by atoms with E-state index in [1.165, 1.54) is 5.56 Å². The molecule has 1 rings (SSSR count). The maximum Gasteiger partial charge on any atom is 0.0974 e. The van der Waals surface area contributed by atoms with Crippen molar-refractivity contribution in [3.05, 3.63) is 35.9 Å². The third-order valence-electron chi connectivity index (χ3n) is 4.01. The van der Waals surface area contributed by atoms with E-state index in [1.807, 2.05) is 6.07 Å². The summed E-state index contributed by atoms with van der Waals surface area (Å²) in [6, 6.07) is 10.7. The van der Waals surface area contributed by atoms with E-state index >= 15 is 0 Å². The van der Waals surface area contributed by atoms with Gasteiger partial charge in [-0.3, -0.25) is 0 Å². The SMILES string of the molecule is CCCNC(CCC(C)(C)OC)C(OC)c1ccccc1. The van der Waals surface area contributed by atoms with Gasteiger partial charge in [0, 0.05) is 20.3 Å². The Balaban J connectivity index is 2.78. The fourth-order valence-corrected chi connectivity index (χ4v) is 2.47. The van der Waals surface area contributed by atoms with Gasteiger partial charge in [0.15, 0.2) is 0 Å². The average Bonchev–Trinajstić information content (AvgIpc) is 2.51. The Morgan fingerprint density at radius 1 is 1.14 bits per heavy atom. The summed E-state index contributed by atoms with van der Waals surface area (Å²) in [5.74, 6) is 0. The van der Waals surface area contributed by atoms with Gasteiger partial charge >= 0.3 is 0 Å². The molecule has 0 bridgehead atoms. The van der Waals surface area contributed by atoms with E-state index in [0.29, 0.717) is 6.04 Å². The second kappa shape index (κ2) is 9.19. The predicted molar refractivity (Wildman–Crippen MR) is 88.6 cm³/mol. The topological polar surface area (TPSA) is 30.5 Å². The van der Waals surface area contributed by atoms with Crippen LogP contribution in [-0.4, -0.2) is 32.4 Å². The summed E-state index contributed by atoms with van der Waals surface area (Å²) < 4.78 is 11.3. The molecule has 0 aliphatic rings. The highest BCUT2D eigenvalue weighted by atomic mass is 16.5. The molecule has 0 saturated heterocycles. The summed E-state index contributed by atoms with van der Waals surface area (Å²) in [7, 11) is 3.57. The summed E-state index contributed by atoms with van der Waals surface area (Å²) in [4.78, 5) is 0. The summed E-state index contributed by atoms with van der Waals surface area (Å²) in [6.07, 6.45) is 3.21.